The van der Waals surface area contributed by atoms with Crippen molar-refractivity contribution in [2.24, 2.45) is 0 Å². The van der Waals surface area contributed by atoms with Crippen molar-refractivity contribution < 1.29 is 14.2 Å². The topological polar surface area (TPSA) is 27.7 Å². The molecular formula is C13H18O3. The zero-order valence-electron chi connectivity index (χ0n) is 9.81. The van der Waals surface area contributed by atoms with Crippen LogP contribution in [0, 0.1) is 12.3 Å². The first kappa shape index (κ1) is 11.7. The van der Waals surface area contributed by atoms with Crippen molar-refractivity contribution in [1.29, 1.82) is 0 Å². The molecule has 0 radical (unpaired) electrons. The molecule has 0 spiro atoms. The largest absolute Gasteiger partial charge is 0.359 e. The second kappa shape index (κ2) is 4.58. The van der Waals surface area contributed by atoms with E-state index in [0.29, 0.717) is 6.61 Å². The van der Waals surface area contributed by atoms with Crippen LogP contribution in [0.2, 0.25) is 0 Å². The number of terminal acetylenes is 1. The summed E-state index contributed by atoms with van der Waals surface area (Å²) in [4.78, 5) is 0. The minimum Gasteiger partial charge on any atom is -0.359 e. The number of hydrogen-bond donors (Lipinski definition) is 0. The molecule has 2 heterocycles. The van der Waals surface area contributed by atoms with E-state index in [1.54, 1.807) is 0 Å². The molecule has 0 saturated carbocycles. The Morgan fingerprint density at radius 2 is 2.00 bits per heavy atom. The second-order valence-electron chi connectivity index (χ2n) is 4.64. The van der Waals surface area contributed by atoms with Crippen LogP contribution in [-0.4, -0.2) is 30.7 Å². The van der Waals surface area contributed by atoms with Gasteiger partial charge in [0.2, 0.25) is 0 Å². The van der Waals surface area contributed by atoms with E-state index in [0.717, 1.165) is 12.8 Å². The van der Waals surface area contributed by atoms with E-state index in [4.69, 9.17) is 20.6 Å². The van der Waals surface area contributed by atoms with E-state index in [1.807, 2.05) is 13.8 Å². The van der Waals surface area contributed by atoms with Crippen molar-refractivity contribution in [3.63, 3.8) is 0 Å². The Kier molecular flexibility index (Phi) is 3.34. The number of hydrogen-bond acceptors (Lipinski definition) is 3. The first-order valence-electron chi connectivity index (χ1n) is 5.69. The maximum atomic E-state index is 5.83. The Labute approximate surface area is 96.8 Å². The van der Waals surface area contributed by atoms with Gasteiger partial charge in [0.25, 0.3) is 0 Å². The molecule has 2 aliphatic rings. The zero-order chi connectivity index (χ0) is 11.6. The van der Waals surface area contributed by atoms with Crippen molar-refractivity contribution in [3.8, 4) is 12.3 Å². The molecule has 0 bridgehead atoms. The average molecular weight is 222 g/mol. The van der Waals surface area contributed by atoms with E-state index in [2.05, 4.69) is 18.1 Å². The lowest BCUT2D eigenvalue weighted by Crippen LogP contribution is -2.34. The van der Waals surface area contributed by atoms with E-state index in [9.17, 15) is 0 Å². The molecule has 3 heteroatoms. The van der Waals surface area contributed by atoms with Crippen LogP contribution in [0.4, 0.5) is 0 Å². The van der Waals surface area contributed by atoms with Crippen LogP contribution in [0.1, 0.15) is 26.7 Å². The zero-order valence-corrected chi connectivity index (χ0v) is 9.81. The number of ether oxygens (including phenoxy) is 3. The molecule has 1 saturated heterocycles. The second-order valence-corrected chi connectivity index (χ2v) is 4.64. The maximum absolute atomic E-state index is 5.83. The summed E-state index contributed by atoms with van der Waals surface area (Å²) in [5.74, 6) is 2.14. The minimum atomic E-state index is -0.504. The third-order valence-electron chi connectivity index (χ3n) is 2.86. The predicted molar refractivity (Wildman–Crippen MR) is 60.8 cm³/mol. The molecule has 3 atom stereocenters. The summed E-state index contributed by atoms with van der Waals surface area (Å²) < 4.78 is 17.2. The smallest absolute Gasteiger partial charge is 0.163 e. The molecule has 2 aliphatic heterocycles. The Bertz CT molecular complexity index is 314. The van der Waals surface area contributed by atoms with E-state index < -0.39 is 5.79 Å². The van der Waals surface area contributed by atoms with E-state index in [-0.39, 0.29) is 18.3 Å². The summed E-state index contributed by atoms with van der Waals surface area (Å²) in [7, 11) is 0. The molecule has 0 aromatic heterocycles. The Morgan fingerprint density at radius 3 is 2.62 bits per heavy atom. The standard InChI is InChI=1S/C13H18O3/c1-4-10-7-5-6-8-11(15-10)12-9-14-13(2,3)16-12/h1,5-6,10-12H,7-9H2,2-3H3/t10-,11+,12-/m1/s1. The SMILES string of the molecule is C#C[C@@H]1CC=CC[C@@H]([C@H]2COC(C)(C)O2)O1. The fourth-order valence-electron chi connectivity index (χ4n) is 2.02. The molecule has 2 rings (SSSR count). The molecule has 3 nitrogen and oxygen atoms in total. The molecule has 0 unspecified atom stereocenters. The molecule has 0 amide bonds. The highest BCUT2D eigenvalue weighted by Gasteiger charge is 2.38. The summed E-state index contributed by atoms with van der Waals surface area (Å²) in [6, 6.07) is 0. The van der Waals surface area contributed by atoms with E-state index in [1.165, 1.54) is 0 Å². The van der Waals surface area contributed by atoms with E-state index >= 15 is 0 Å². The first-order chi connectivity index (χ1) is 7.61. The van der Waals surface area contributed by atoms with Gasteiger partial charge in [0.1, 0.15) is 12.2 Å². The normalized spacial score (nSPS) is 37.9. The Hall–Kier alpha value is -0.820. The molecule has 88 valence electrons. The van der Waals surface area contributed by atoms with Crippen LogP contribution >= 0.6 is 0 Å². The van der Waals surface area contributed by atoms with Gasteiger partial charge in [-0.25, -0.2) is 0 Å². The Morgan fingerprint density at radius 1 is 1.25 bits per heavy atom. The van der Waals surface area contributed by atoms with Crippen molar-refractivity contribution >= 4 is 0 Å². The first-order valence-corrected chi connectivity index (χ1v) is 5.69. The molecule has 1 fully saturated rings. The molecule has 0 N–H and O–H groups in total. The molecule has 0 aliphatic carbocycles. The van der Waals surface area contributed by atoms with Gasteiger partial charge in [-0.15, -0.1) is 6.42 Å². The lowest BCUT2D eigenvalue weighted by molar-refractivity contribution is -0.158. The minimum absolute atomic E-state index is 0.00146. The molecule has 16 heavy (non-hydrogen) atoms. The lowest BCUT2D eigenvalue weighted by atomic mass is 10.1. The highest BCUT2D eigenvalue weighted by atomic mass is 16.7. The summed E-state index contributed by atoms with van der Waals surface area (Å²) in [6.07, 6.45) is 11.0. The molecule has 0 aromatic carbocycles. The van der Waals surface area contributed by atoms with Crippen LogP contribution in [0.3, 0.4) is 0 Å². The fourth-order valence-corrected chi connectivity index (χ4v) is 2.02. The van der Waals surface area contributed by atoms with Crippen molar-refractivity contribution in [1.82, 2.24) is 0 Å². The van der Waals surface area contributed by atoms with Gasteiger partial charge in [0, 0.05) is 6.42 Å². The molecular weight excluding hydrogens is 204 g/mol. The van der Waals surface area contributed by atoms with Gasteiger partial charge in [0.15, 0.2) is 5.79 Å². The summed E-state index contributed by atoms with van der Waals surface area (Å²) in [6.45, 7) is 4.40. The van der Waals surface area contributed by atoms with Crippen LogP contribution in [0.25, 0.3) is 0 Å². The third kappa shape index (κ3) is 2.65. The summed E-state index contributed by atoms with van der Waals surface area (Å²) >= 11 is 0. The van der Waals surface area contributed by atoms with Crippen LogP contribution in [0.15, 0.2) is 12.2 Å². The fraction of sp³-hybridized carbons (Fsp3) is 0.692. The number of rotatable bonds is 1. The van der Waals surface area contributed by atoms with Gasteiger partial charge in [-0.3, -0.25) is 0 Å². The Balaban J connectivity index is 1.99. The van der Waals surface area contributed by atoms with Crippen molar-refractivity contribution in [2.75, 3.05) is 6.61 Å². The van der Waals surface area contributed by atoms with Gasteiger partial charge in [0.05, 0.1) is 12.7 Å². The highest BCUT2D eigenvalue weighted by Crippen LogP contribution is 2.28. The summed E-state index contributed by atoms with van der Waals surface area (Å²) in [5.41, 5.74) is 0. The van der Waals surface area contributed by atoms with Crippen molar-refractivity contribution in [3.05, 3.63) is 12.2 Å². The quantitative estimate of drug-likeness (QED) is 0.501. The molecule has 0 aromatic rings. The van der Waals surface area contributed by atoms with Gasteiger partial charge in [-0.2, -0.15) is 0 Å². The average Bonchev–Trinajstić information content (AvgIpc) is 2.51. The lowest BCUT2D eigenvalue weighted by Gasteiger charge is -2.24. The predicted octanol–water partition coefficient (Wildman–Crippen LogP) is 1.87. The third-order valence-corrected chi connectivity index (χ3v) is 2.86. The van der Waals surface area contributed by atoms with Gasteiger partial charge in [-0.05, 0) is 20.3 Å². The van der Waals surface area contributed by atoms with Crippen molar-refractivity contribution in [2.45, 2.75) is 50.8 Å². The van der Waals surface area contributed by atoms with Crippen LogP contribution < -0.4 is 0 Å². The van der Waals surface area contributed by atoms with Gasteiger partial charge < -0.3 is 14.2 Å². The van der Waals surface area contributed by atoms with Gasteiger partial charge in [-0.1, -0.05) is 18.1 Å². The van der Waals surface area contributed by atoms with Crippen LogP contribution in [-0.2, 0) is 14.2 Å². The van der Waals surface area contributed by atoms with Gasteiger partial charge >= 0.3 is 0 Å². The maximum Gasteiger partial charge on any atom is 0.163 e. The highest BCUT2D eigenvalue weighted by molar-refractivity contribution is 5.04. The monoisotopic (exact) mass is 222 g/mol. The van der Waals surface area contributed by atoms with Crippen LogP contribution in [0.5, 0.6) is 0 Å². The summed E-state index contributed by atoms with van der Waals surface area (Å²) in [5, 5.41) is 0.